The lowest BCUT2D eigenvalue weighted by Gasteiger charge is -2.35. The Kier molecular flexibility index (Phi) is 12.5. The zero-order valence-corrected chi connectivity index (χ0v) is 28.1. The lowest BCUT2D eigenvalue weighted by atomic mass is 9.87. The van der Waals surface area contributed by atoms with Crippen LogP contribution in [0.5, 0.6) is 0 Å². The molecule has 0 aromatic heterocycles. The molecule has 2 aromatic rings. The number of nitrogens with one attached hydrogen (secondary N) is 1. The molecule has 5 atom stereocenters. The number of anilines is 1. The molecule has 13 nitrogen and oxygen atoms in total. The van der Waals surface area contributed by atoms with Gasteiger partial charge in [0.15, 0.2) is 6.29 Å². The Balaban J connectivity index is 1.52. The van der Waals surface area contributed by atoms with E-state index in [2.05, 4.69) is 5.32 Å². The van der Waals surface area contributed by atoms with Crippen molar-refractivity contribution < 1.29 is 42.4 Å². The van der Waals surface area contributed by atoms with Crippen molar-refractivity contribution in [1.29, 1.82) is 0 Å². The summed E-state index contributed by atoms with van der Waals surface area (Å²) in [5.41, 5.74) is 6.51. The summed E-state index contributed by atoms with van der Waals surface area (Å²) in [6.07, 6.45) is -1.46. The lowest BCUT2D eigenvalue weighted by molar-refractivity contribution is -0.264. The summed E-state index contributed by atoms with van der Waals surface area (Å²) in [7, 11) is -2.67. The number of amides is 2. The fourth-order valence-electron chi connectivity index (χ4n) is 5.99. The molecule has 2 aromatic carbocycles. The van der Waals surface area contributed by atoms with E-state index in [0.717, 1.165) is 10.5 Å². The van der Waals surface area contributed by atoms with Crippen LogP contribution < -0.4 is 16.2 Å². The van der Waals surface area contributed by atoms with Crippen molar-refractivity contribution in [2.75, 3.05) is 45.6 Å². The maximum atomic E-state index is 14.0. The normalized spacial score (nSPS) is 20.8. The number of carboxylic acid groups (broad SMARTS) is 1. The first kappa shape index (κ1) is 36.4. The van der Waals surface area contributed by atoms with Crippen molar-refractivity contribution in [3.05, 3.63) is 60.2 Å². The van der Waals surface area contributed by atoms with Crippen LogP contribution in [0.4, 0.5) is 15.3 Å². The number of sulfonamides is 1. The van der Waals surface area contributed by atoms with Gasteiger partial charge in [-0.05, 0) is 60.9 Å². The summed E-state index contributed by atoms with van der Waals surface area (Å²) >= 11 is 0. The number of nitrogens with zero attached hydrogens (tertiary/aromatic N) is 2. The molecule has 2 amide bonds. The van der Waals surface area contributed by atoms with Gasteiger partial charge in [-0.3, -0.25) is 0 Å². The van der Waals surface area contributed by atoms with Gasteiger partial charge in [0.05, 0.1) is 36.2 Å². The number of ether oxygens (including phenoxy) is 3. The van der Waals surface area contributed by atoms with E-state index in [1.807, 2.05) is 44.2 Å². The summed E-state index contributed by atoms with van der Waals surface area (Å²) in [6.45, 7) is 4.63. The predicted octanol–water partition coefficient (Wildman–Crippen LogP) is 2.19. The van der Waals surface area contributed by atoms with Crippen molar-refractivity contribution >= 4 is 27.9 Å². The Morgan fingerprint density at radius 3 is 2.51 bits per heavy atom. The van der Waals surface area contributed by atoms with E-state index < -0.39 is 52.2 Å². The average molecular weight is 676 g/mol. The van der Waals surface area contributed by atoms with Gasteiger partial charge in [0.25, 0.3) is 0 Å². The van der Waals surface area contributed by atoms with Crippen molar-refractivity contribution in [3.63, 3.8) is 0 Å². The fourth-order valence-corrected chi connectivity index (χ4v) is 7.64. The minimum atomic E-state index is -4.12. The number of unbranched alkanes of at least 4 members (excludes halogenated alkanes) is 1. The second-order valence-corrected chi connectivity index (χ2v) is 15.1. The summed E-state index contributed by atoms with van der Waals surface area (Å²) in [5, 5.41) is 25.5. The molecule has 2 aliphatic heterocycles. The van der Waals surface area contributed by atoms with Crippen LogP contribution in [0.25, 0.3) is 0 Å². The number of alkyl carbamates (subject to hydrolysis) is 1. The van der Waals surface area contributed by atoms with Crippen LogP contribution in [-0.4, -0.2) is 99.4 Å². The third-order valence-corrected chi connectivity index (χ3v) is 10.6. The van der Waals surface area contributed by atoms with Gasteiger partial charge in [-0.1, -0.05) is 50.6 Å². The molecule has 47 heavy (non-hydrogen) atoms. The minimum Gasteiger partial charge on any atom is -0.530 e. The first-order valence-electron chi connectivity index (χ1n) is 16.0. The molecular weight excluding hydrogens is 628 g/mol. The van der Waals surface area contributed by atoms with Gasteiger partial charge in [0.2, 0.25) is 10.0 Å². The number of hydrogen-bond acceptors (Lipinski definition) is 10. The third-order valence-electron chi connectivity index (χ3n) is 8.73. The molecule has 4 N–H and O–H groups in total. The van der Waals surface area contributed by atoms with Gasteiger partial charge >= 0.3 is 6.09 Å². The molecule has 2 heterocycles. The summed E-state index contributed by atoms with van der Waals surface area (Å²) < 4.78 is 46.2. The Hall–Kier alpha value is -3.43. The Bertz CT molecular complexity index is 1430. The van der Waals surface area contributed by atoms with Crippen LogP contribution in [0.3, 0.4) is 0 Å². The smallest absolute Gasteiger partial charge is 0.407 e. The van der Waals surface area contributed by atoms with Crippen molar-refractivity contribution in [3.8, 4) is 0 Å². The number of fused-ring (bicyclic) bond motifs is 1. The molecule has 0 aliphatic carbocycles. The van der Waals surface area contributed by atoms with E-state index in [4.69, 9.17) is 19.9 Å². The van der Waals surface area contributed by atoms with E-state index in [1.54, 1.807) is 0 Å². The molecule has 0 saturated carbocycles. The zero-order chi connectivity index (χ0) is 34.2. The highest BCUT2D eigenvalue weighted by atomic mass is 32.2. The molecule has 2 aliphatic rings. The molecule has 2 fully saturated rings. The average Bonchev–Trinajstić information content (AvgIpc) is 3.64. The van der Waals surface area contributed by atoms with E-state index in [0.29, 0.717) is 44.5 Å². The molecule has 0 radical (unpaired) electrons. The molecule has 0 spiro atoms. The highest BCUT2D eigenvalue weighted by Gasteiger charge is 2.44. The number of hydrogen-bond donors (Lipinski definition) is 3. The molecular formula is C33H47N4O9S-. The van der Waals surface area contributed by atoms with Crippen LogP contribution in [-0.2, 0) is 30.7 Å². The van der Waals surface area contributed by atoms with Crippen LogP contribution in [0.15, 0.2) is 59.5 Å². The van der Waals surface area contributed by atoms with Gasteiger partial charge < -0.3 is 45.2 Å². The van der Waals surface area contributed by atoms with Crippen molar-refractivity contribution in [2.24, 2.45) is 11.3 Å². The first-order valence-corrected chi connectivity index (χ1v) is 17.4. The fraction of sp³-hybridized carbons (Fsp3) is 0.576. The molecule has 2 saturated heterocycles. The molecule has 260 valence electrons. The Morgan fingerprint density at radius 1 is 1.13 bits per heavy atom. The van der Waals surface area contributed by atoms with Crippen LogP contribution in [0.1, 0.15) is 45.1 Å². The van der Waals surface area contributed by atoms with Gasteiger partial charge in [-0.2, -0.15) is 4.31 Å². The number of aliphatic hydroxyl groups is 1. The number of carbonyl (C=O) groups excluding carboxylic acids is 2. The van der Waals surface area contributed by atoms with Gasteiger partial charge in [0, 0.05) is 32.4 Å². The van der Waals surface area contributed by atoms with E-state index >= 15 is 0 Å². The highest BCUT2D eigenvalue weighted by molar-refractivity contribution is 7.89. The molecule has 0 bridgehead atoms. The number of nitrogens with two attached hydrogens (primary N) is 1. The van der Waals surface area contributed by atoms with Gasteiger partial charge in [0.1, 0.15) is 12.2 Å². The Labute approximate surface area is 277 Å². The number of benzene rings is 2. The summed E-state index contributed by atoms with van der Waals surface area (Å²) in [5.74, 6) is -0.0674. The highest BCUT2D eigenvalue weighted by Crippen LogP contribution is 2.33. The summed E-state index contributed by atoms with van der Waals surface area (Å²) in [6, 6.07) is 14.2. The van der Waals surface area contributed by atoms with Crippen LogP contribution in [0, 0.1) is 11.3 Å². The van der Waals surface area contributed by atoms with Crippen LogP contribution >= 0.6 is 0 Å². The standard InChI is InChI=1S/C33H48N4O9S/c1-33(2,16-7-8-17-36(3)32(40)41)22-37(47(42,43)25-13-11-24(34)12-14-25)20-28(38)27(19-23-9-5-4-6-10-23)35-31(39)46-29-21-45-30-26(29)15-18-44-30/h4-6,9-14,26-30,38H,7-8,15-22,34H2,1-3H3,(H,35,39)(H,40,41)/p-1/t26-,27-,28+,29-,30+/m0/s1. The Morgan fingerprint density at radius 2 is 1.83 bits per heavy atom. The maximum Gasteiger partial charge on any atom is 0.407 e. The largest absolute Gasteiger partial charge is 0.530 e. The second kappa shape index (κ2) is 16.1. The maximum absolute atomic E-state index is 14.0. The number of carbonyl (C=O) groups is 2. The lowest BCUT2D eigenvalue weighted by Crippen LogP contribution is -2.52. The summed E-state index contributed by atoms with van der Waals surface area (Å²) in [4.78, 5) is 25.3. The topological polar surface area (TPSA) is 184 Å². The SMILES string of the molecule is CN(CCCCC(C)(C)CN(C[C@@H](O)[C@H](Cc1ccccc1)NC(=O)O[C@H]1CO[C@H]2OCC[C@H]21)S(=O)(=O)c1ccc(N)cc1)C(=O)[O-]. The number of aliphatic hydroxyl groups excluding tert-OH is 1. The predicted molar refractivity (Wildman–Crippen MR) is 172 cm³/mol. The number of rotatable bonds is 16. The third kappa shape index (κ3) is 10.3. The first-order chi connectivity index (χ1) is 22.2. The van der Waals surface area contributed by atoms with Crippen molar-refractivity contribution in [1.82, 2.24) is 14.5 Å². The zero-order valence-electron chi connectivity index (χ0n) is 27.2. The van der Waals surface area contributed by atoms with Gasteiger partial charge in [-0.15, -0.1) is 0 Å². The molecule has 0 unspecified atom stereocenters. The number of nitrogen functional groups attached to an aromatic ring is 1. The molecule has 4 rings (SSSR count). The van der Waals surface area contributed by atoms with Crippen molar-refractivity contribution in [2.45, 2.75) is 75.4 Å². The quantitative estimate of drug-likeness (QED) is 0.176. The minimum absolute atomic E-state index is 0.0202. The molecule has 14 heteroatoms. The van der Waals surface area contributed by atoms with Gasteiger partial charge in [-0.25, -0.2) is 13.2 Å². The monoisotopic (exact) mass is 675 g/mol. The van der Waals surface area contributed by atoms with E-state index in [-0.39, 0.29) is 36.9 Å². The van der Waals surface area contributed by atoms with E-state index in [1.165, 1.54) is 35.6 Å². The van der Waals surface area contributed by atoms with Crippen LogP contribution in [0.2, 0.25) is 0 Å². The second-order valence-electron chi connectivity index (χ2n) is 13.2. The van der Waals surface area contributed by atoms with E-state index in [9.17, 15) is 28.2 Å².